The van der Waals surface area contributed by atoms with E-state index in [4.69, 9.17) is 5.73 Å². The third kappa shape index (κ3) is 3.03. The number of nitrogens with one attached hydrogen (secondary N) is 2. The van der Waals surface area contributed by atoms with E-state index in [2.05, 4.69) is 10.4 Å². The molecule has 4 aromatic rings. The average molecular weight is 382 g/mol. The van der Waals surface area contributed by atoms with Crippen molar-refractivity contribution >= 4 is 21.8 Å². The second-order valence-electron chi connectivity index (χ2n) is 6.78. The van der Waals surface area contributed by atoms with Crippen molar-refractivity contribution in [3.63, 3.8) is 0 Å². The number of benzene rings is 2. The van der Waals surface area contributed by atoms with Crippen LogP contribution in [-0.2, 0) is 12.8 Å². The van der Waals surface area contributed by atoms with E-state index in [1.54, 1.807) is 12.1 Å². The van der Waals surface area contributed by atoms with Gasteiger partial charge in [0.25, 0.3) is 0 Å². The predicted octanol–water partition coefficient (Wildman–Crippen LogP) is 2.23. The molecular weight excluding hydrogens is 360 g/mol. The average Bonchev–Trinajstić information content (AvgIpc) is 3.19. The largest absolute Gasteiger partial charge is 0.504 e. The Kier molecular flexibility index (Phi) is 4.40. The van der Waals surface area contributed by atoms with E-state index in [0.29, 0.717) is 25.9 Å². The lowest BCUT2D eigenvalue weighted by Gasteiger charge is -2.10. The number of nitrogens with two attached hydrogens (primary N) is 1. The molecule has 8 heteroatoms. The van der Waals surface area contributed by atoms with Crippen molar-refractivity contribution in [3.8, 4) is 23.0 Å². The minimum Gasteiger partial charge on any atom is -0.504 e. The van der Waals surface area contributed by atoms with Crippen LogP contribution in [-0.4, -0.2) is 43.2 Å². The van der Waals surface area contributed by atoms with Crippen LogP contribution in [0, 0.1) is 0 Å². The van der Waals surface area contributed by atoms with E-state index in [-0.39, 0.29) is 23.0 Å². The van der Waals surface area contributed by atoms with Gasteiger partial charge in [0.1, 0.15) is 0 Å². The van der Waals surface area contributed by atoms with Gasteiger partial charge < -0.3 is 36.6 Å². The molecule has 0 saturated heterocycles. The minimum absolute atomic E-state index is 0.153. The van der Waals surface area contributed by atoms with Gasteiger partial charge in [0, 0.05) is 47.4 Å². The molecule has 0 spiro atoms. The summed E-state index contributed by atoms with van der Waals surface area (Å²) in [4.78, 5) is 3.09. The van der Waals surface area contributed by atoms with Crippen molar-refractivity contribution in [3.05, 3.63) is 47.8 Å². The van der Waals surface area contributed by atoms with Gasteiger partial charge in [-0.15, -0.1) is 0 Å². The molecule has 146 valence electrons. The molecule has 0 amide bonds. The Morgan fingerprint density at radius 1 is 0.857 bits per heavy atom. The number of phenols is 4. The highest BCUT2D eigenvalue weighted by atomic mass is 16.3. The maximum absolute atomic E-state index is 9.86. The molecule has 0 aliphatic heterocycles. The van der Waals surface area contributed by atoms with Crippen LogP contribution in [0.3, 0.4) is 0 Å². The monoisotopic (exact) mass is 382 g/mol. The third-order valence-corrected chi connectivity index (χ3v) is 4.94. The van der Waals surface area contributed by atoms with Gasteiger partial charge in [-0.3, -0.25) is 4.68 Å². The lowest BCUT2D eigenvalue weighted by molar-refractivity contribution is 0.404. The van der Waals surface area contributed by atoms with Crippen LogP contribution < -0.4 is 11.2 Å². The highest BCUT2D eigenvalue weighted by Gasteiger charge is 2.13. The number of hydrogen-bond donors (Lipinski definition) is 7. The molecule has 2 aromatic heterocycles. The predicted molar refractivity (Wildman–Crippen MR) is 108 cm³/mol. The summed E-state index contributed by atoms with van der Waals surface area (Å²) in [6.07, 6.45) is 5.08. The smallest absolute Gasteiger partial charge is 0.159 e. The Morgan fingerprint density at radius 2 is 1.54 bits per heavy atom. The first kappa shape index (κ1) is 17.9. The number of aromatic nitrogens is 2. The number of aromatic hydroxyl groups is 4. The second kappa shape index (κ2) is 6.90. The Bertz CT molecular complexity index is 1160. The van der Waals surface area contributed by atoms with Gasteiger partial charge in [0.15, 0.2) is 23.0 Å². The molecule has 0 bridgehead atoms. The first-order valence-corrected chi connectivity index (χ1v) is 8.99. The van der Waals surface area contributed by atoms with Crippen molar-refractivity contribution in [2.75, 3.05) is 18.5 Å². The lowest BCUT2D eigenvalue weighted by atomic mass is 10.1. The molecule has 8 nitrogen and oxygen atoms in total. The standard InChI is InChI=1S/C20H22N4O4/c21-3-1-12-10-24(16-8-20(28)18(26)6-14(12)16)23-4-2-11-9-22-15-7-19(27)17(25)5-13(11)15/h5-10,22-23,25-28H,1-4,21H2. The fourth-order valence-corrected chi connectivity index (χ4v) is 3.53. The van der Waals surface area contributed by atoms with Crippen molar-refractivity contribution in [1.82, 2.24) is 9.66 Å². The molecule has 8 N–H and O–H groups in total. The molecule has 0 unspecified atom stereocenters. The van der Waals surface area contributed by atoms with Crippen LogP contribution in [0.15, 0.2) is 36.7 Å². The summed E-state index contributed by atoms with van der Waals surface area (Å²) in [5.41, 5.74) is 12.5. The van der Waals surface area contributed by atoms with Gasteiger partial charge in [-0.05, 0) is 42.6 Å². The van der Waals surface area contributed by atoms with E-state index in [0.717, 1.165) is 32.9 Å². The van der Waals surface area contributed by atoms with E-state index in [1.807, 2.05) is 17.1 Å². The van der Waals surface area contributed by atoms with Gasteiger partial charge in [-0.25, -0.2) is 0 Å². The number of hydrogen-bond acceptors (Lipinski definition) is 6. The first-order valence-electron chi connectivity index (χ1n) is 8.99. The third-order valence-electron chi connectivity index (χ3n) is 4.94. The summed E-state index contributed by atoms with van der Waals surface area (Å²) in [6.45, 7) is 1.06. The van der Waals surface area contributed by atoms with Crippen LogP contribution in [0.2, 0.25) is 0 Å². The fraction of sp³-hybridized carbons (Fsp3) is 0.200. The molecule has 0 aliphatic carbocycles. The fourth-order valence-electron chi connectivity index (χ4n) is 3.53. The lowest BCUT2D eigenvalue weighted by Crippen LogP contribution is -2.16. The SMILES string of the molecule is NCCc1cn(NCCc2c[nH]c3cc(O)c(O)cc23)c2cc(O)c(O)cc12. The molecule has 0 fully saturated rings. The van der Waals surface area contributed by atoms with E-state index >= 15 is 0 Å². The maximum Gasteiger partial charge on any atom is 0.159 e. The minimum atomic E-state index is -0.181. The van der Waals surface area contributed by atoms with Crippen LogP contribution >= 0.6 is 0 Å². The molecule has 0 aliphatic rings. The summed E-state index contributed by atoms with van der Waals surface area (Å²) in [5.74, 6) is -0.655. The molecule has 2 aromatic carbocycles. The number of fused-ring (bicyclic) bond motifs is 2. The summed E-state index contributed by atoms with van der Waals surface area (Å²) >= 11 is 0. The van der Waals surface area contributed by atoms with Crippen LogP contribution in [0.1, 0.15) is 11.1 Å². The number of rotatable bonds is 6. The van der Waals surface area contributed by atoms with Crippen molar-refractivity contribution in [2.24, 2.45) is 5.73 Å². The Balaban J connectivity index is 1.58. The Labute approximate surface area is 160 Å². The van der Waals surface area contributed by atoms with Crippen LogP contribution in [0.5, 0.6) is 23.0 Å². The first-order chi connectivity index (χ1) is 13.5. The van der Waals surface area contributed by atoms with Gasteiger partial charge in [0.2, 0.25) is 0 Å². The number of nitrogens with zero attached hydrogens (tertiary/aromatic N) is 1. The molecule has 0 saturated carbocycles. The highest BCUT2D eigenvalue weighted by molar-refractivity contribution is 5.88. The van der Waals surface area contributed by atoms with Crippen molar-refractivity contribution in [1.29, 1.82) is 0 Å². The Hall–Kier alpha value is -3.52. The van der Waals surface area contributed by atoms with Crippen LogP contribution in [0.4, 0.5) is 0 Å². The maximum atomic E-state index is 9.86. The number of H-pyrrole nitrogens is 1. The molecule has 4 rings (SSSR count). The summed E-state index contributed by atoms with van der Waals surface area (Å²) in [5, 5.41) is 40.7. The van der Waals surface area contributed by atoms with Crippen molar-refractivity contribution in [2.45, 2.75) is 12.8 Å². The van der Waals surface area contributed by atoms with Crippen molar-refractivity contribution < 1.29 is 20.4 Å². The highest BCUT2D eigenvalue weighted by Crippen LogP contribution is 2.33. The number of aromatic amines is 1. The quantitative estimate of drug-likeness (QED) is 0.255. The van der Waals surface area contributed by atoms with Gasteiger partial charge in [0.05, 0.1) is 5.52 Å². The molecule has 28 heavy (non-hydrogen) atoms. The normalized spacial score (nSPS) is 11.5. The van der Waals surface area contributed by atoms with E-state index < -0.39 is 0 Å². The molecule has 0 radical (unpaired) electrons. The van der Waals surface area contributed by atoms with Gasteiger partial charge in [-0.1, -0.05) is 0 Å². The van der Waals surface area contributed by atoms with Gasteiger partial charge >= 0.3 is 0 Å². The zero-order valence-corrected chi connectivity index (χ0v) is 15.1. The van der Waals surface area contributed by atoms with Gasteiger partial charge in [-0.2, -0.15) is 0 Å². The summed E-state index contributed by atoms with van der Waals surface area (Å²) in [7, 11) is 0. The zero-order valence-electron chi connectivity index (χ0n) is 15.1. The zero-order chi connectivity index (χ0) is 19.8. The van der Waals surface area contributed by atoms with E-state index in [1.165, 1.54) is 12.1 Å². The Morgan fingerprint density at radius 3 is 2.29 bits per heavy atom. The molecule has 2 heterocycles. The van der Waals surface area contributed by atoms with E-state index in [9.17, 15) is 20.4 Å². The summed E-state index contributed by atoms with van der Waals surface area (Å²) in [6, 6.07) is 6.10. The second-order valence-corrected chi connectivity index (χ2v) is 6.78. The number of phenolic OH excluding ortho intramolecular Hbond substituents is 4. The molecule has 0 atom stereocenters. The summed E-state index contributed by atoms with van der Waals surface area (Å²) < 4.78 is 1.82. The van der Waals surface area contributed by atoms with Crippen LogP contribution in [0.25, 0.3) is 21.8 Å². The topological polar surface area (TPSA) is 140 Å². The molecular formula is C20H22N4O4.